The Hall–Kier alpha value is -2.98. The largest absolute Gasteiger partial charge is 0.497 e. The van der Waals surface area contributed by atoms with Gasteiger partial charge >= 0.3 is 0 Å². The van der Waals surface area contributed by atoms with Crippen LogP contribution in [0.25, 0.3) is 0 Å². The molecule has 32 heavy (non-hydrogen) atoms. The minimum absolute atomic E-state index is 0.127. The van der Waals surface area contributed by atoms with Crippen molar-refractivity contribution in [1.29, 1.82) is 0 Å². The van der Waals surface area contributed by atoms with Crippen molar-refractivity contribution < 1.29 is 9.53 Å². The SMILES string of the molecule is COc1ccc(CC2(NC(C)(C)C)N=C3N=NN=C3C([C@]3(NC(C)=O)CCNC3)=N2)cc1. The molecule has 170 valence electrons. The summed E-state index contributed by atoms with van der Waals surface area (Å²) in [5, 5.41) is 22.3. The van der Waals surface area contributed by atoms with E-state index in [1.54, 1.807) is 7.11 Å². The van der Waals surface area contributed by atoms with E-state index < -0.39 is 11.3 Å². The van der Waals surface area contributed by atoms with Gasteiger partial charge in [-0.1, -0.05) is 12.1 Å². The number of nitrogens with one attached hydrogen (secondary N) is 3. The topological polar surface area (TPSA) is 124 Å². The van der Waals surface area contributed by atoms with Crippen LogP contribution in [-0.2, 0) is 11.2 Å². The zero-order valence-corrected chi connectivity index (χ0v) is 19.2. The molecule has 3 aliphatic heterocycles. The van der Waals surface area contributed by atoms with Crippen LogP contribution < -0.4 is 20.7 Å². The number of carbonyl (C=O) groups excluding carboxylic acids is 1. The van der Waals surface area contributed by atoms with Gasteiger partial charge in [0, 0.05) is 25.4 Å². The number of fused-ring (bicyclic) bond motifs is 1. The maximum atomic E-state index is 12.1. The first-order valence-corrected chi connectivity index (χ1v) is 10.8. The van der Waals surface area contributed by atoms with Gasteiger partial charge in [0.25, 0.3) is 0 Å². The second-order valence-corrected chi connectivity index (χ2v) is 9.44. The van der Waals surface area contributed by atoms with Gasteiger partial charge in [-0.15, -0.1) is 10.2 Å². The molecule has 1 aromatic carbocycles. The summed E-state index contributed by atoms with van der Waals surface area (Å²) in [4.78, 5) is 22.2. The summed E-state index contributed by atoms with van der Waals surface area (Å²) in [6, 6.07) is 7.84. The molecule has 10 nitrogen and oxygen atoms in total. The van der Waals surface area contributed by atoms with Crippen LogP contribution in [-0.4, -0.2) is 60.2 Å². The molecule has 1 saturated heterocycles. The molecule has 0 spiro atoms. The Morgan fingerprint density at radius 1 is 1.22 bits per heavy atom. The van der Waals surface area contributed by atoms with Crippen molar-refractivity contribution >= 4 is 23.2 Å². The number of nitrogens with zero attached hydrogens (tertiary/aromatic N) is 5. The van der Waals surface area contributed by atoms with Crippen LogP contribution >= 0.6 is 0 Å². The predicted molar refractivity (Wildman–Crippen MR) is 124 cm³/mol. The molecule has 0 bridgehead atoms. The van der Waals surface area contributed by atoms with Gasteiger partial charge in [-0.25, -0.2) is 9.98 Å². The molecule has 3 heterocycles. The van der Waals surface area contributed by atoms with Crippen molar-refractivity contribution in [3.8, 4) is 5.75 Å². The van der Waals surface area contributed by atoms with E-state index in [1.165, 1.54) is 6.92 Å². The van der Waals surface area contributed by atoms with Gasteiger partial charge in [0.1, 0.15) is 5.75 Å². The van der Waals surface area contributed by atoms with Crippen molar-refractivity contribution in [3.63, 3.8) is 0 Å². The molecule has 1 unspecified atom stereocenters. The highest BCUT2D eigenvalue weighted by Crippen LogP contribution is 2.31. The smallest absolute Gasteiger partial charge is 0.217 e. The van der Waals surface area contributed by atoms with Gasteiger partial charge in [0.15, 0.2) is 5.71 Å². The molecule has 0 radical (unpaired) electrons. The third kappa shape index (κ3) is 4.46. The zero-order chi connectivity index (χ0) is 23.0. The van der Waals surface area contributed by atoms with Gasteiger partial charge in [-0.05, 0) is 56.7 Å². The van der Waals surface area contributed by atoms with Gasteiger partial charge < -0.3 is 15.4 Å². The third-order valence-corrected chi connectivity index (χ3v) is 5.52. The predicted octanol–water partition coefficient (Wildman–Crippen LogP) is 1.82. The molecule has 1 aromatic rings. The maximum absolute atomic E-state index is 12.1. The van der Waals surface area contributed by atoms with Gasteiger partial charge in [0.05, 0.1) is 18.4 Å². The van der Waals surface area contributed by atoms with Crippen LogP contribution in [0, 0.1) is 0 Å². The van der Waals surface area contributed by atoms with E-state index in [0.29, 0.717) is 36.6 Å². The lowest BCUT2D eigenvalue weighted by molar-refractivity contribution is -0.120. The highest BCUT2D eigenvalue weighted by molar-refractivity contribution is 6.71. The van der Waals surface area contributed by atoms with Crippen molar-refractivity contribution in [3.05, 3.63) is 29.8 Å². The van der Waals surface area contributed by atoms with E-state index >= 15 is 0 Å². The van der Waals surface area contributed by atoms with Crippen molar-refractivity contribution in [2.24, 2.45) is 25.4 Å². The van der Waals surface area contributed by atoms with E-state index in [1.807, 2.05) is 24.3 Å². The summed E-state index contributed by atoms with van der Waals surface area (Å²) >= 11 is 0. The van der Waals surface area contributed by atoms with Crippen LogP contribution in [0.15, 0.2) is 49.7 Å². The molecular weight excluding hydrogens is 408 g/mol. The van der Waals surface area contributed by atoms with Crippen LogP contribution in [0.2, 0.25) is 0 Å². The Balaban J connectivity index is 1.83. The van der Waals surface area contributed by atoms with E-state index in [4.69, 9.17) is 14.7 Å². The average Bonchev–Trinajstić information content (AvgIpc) is 3.36. The number of rotatable bonds is 6. The van der Waals surface area contributed by atoms with Crippen molar-refractivity contribution in [2.45, 2.75) is 57.4 Å². The molecule has 0 aliphatic carbocycles. The fraction of sp³-hybridized carbons (Fsp3) is 0.545. The number of aliphatic imine (C=N–C) groups is 2. The Labute approximate surface area is 187 Å². The Morgan fingerprint density at radius 3 is 2.56 bits per heavy atom. The number of amidine groups is 1. The number of hydrogen-bond acceptors (Lipinski definition) is 9. The van der Waals surface area contributed by atoms with Crippen LogP contribution in [0.4, 0.5) is 0 Å². The zero-order valence-electron chi connectivity index (χ0n) is 19.2. The van der Waals surface area contributed by atoms with Crippen molar-refractivity contribution in [1.82, 2.24) is 16.0 Å². The summed E-state index contributed by atoms with van der Waals surface area (Å²) in [6.07, 6.45) is 1.17. The normalized spacial score (nSPS) is 26.8. The summed E-state index contributed by atoms with van der Waals surface area (Å²) in [7, 11) is 1.64. The molecule has 1 fully saturated rings. The Morgan fingerprint density at radius 2 is 1.97 bits per heavy atom. The van der Waals surface area contributed by atoms with E-state index in [9.17, 15) is 4.79 Å². The van der Waals surface area contributed by atoms with Gasteiger partial charge in [-0.3, -0.25) is 10.1 Å². The van der Waals surface area contributed by atoms with E-state index in [-0.39, 0.29) is 11.4 Å². The summed E-state index contributed by atoms with van der Waals surface area (Å²) in [5.74, 6) is 0.0502. The Bertz CT molecular complexity index is 1010. The minimum atomic E-state index is -1.03. The van der Waals surface area contributed by atoms with Gasteiger partial charge in [0.2, 0.25) is 17.5 Å². The standard InChI is InChI=1S/C22H30N8O2/c1-14(31)24-21(10-11-23-13-21)18-17-19(28-30-27-17)26-22(25-18,29-20(2,3)4)12-15-6-8-16(32-5)9-7-15/h6-9,23,29H,10-13H2,1-5H3,(H,24,31)/t21-,22?/m0/s1. The number of amides is 1. The minimum Gasteiger partial charge on any atom is -0.497 e. The highest BCUT2D eigenvalue weighted by atomic mass is 16.5. The first-order valence-electron chi connectivity index (χ1n) is 10.8. The van der Waals surface area contributed by atoms with E-state index in [0.717, 1.165) is 17.9 Å². The monoisotopic (exact) mass is 438 g/mol. The summed E-state index contributed by atoms with van der Waals surface area (Å²) in [6.45, 7) is 9.02. The summed E-state index contributed by atoms with van der Waals surface area (Å²) < 4.78 is 5.30. The maximum Gasteiger partial charge on any atom is 0.217 e. The fourth-order valence-electron chi connectivity index (χ4n) is 4.41. The lowest BCUT2D eigenvalue weighted by Gasteiger charge is -2.40. The van der Waals surface area contributed by atoms with E-state index in [2.05, 4.69) is 52.2 Å². The summed E-state index contributed by atoms with van der Waals surface area (Å²) in [5.41, 5.74) is 1.20. The molecule has 10 heteroatoms. The molecule has 3 aliphatic rings. The first kappa shape index (κ1) is 22.2. The average molecular weight is 439 g/mol. The second kappa shape index (κ2) is 8.18. The quantitative estimate of drug-likeness (QED) is 0.627. The fourth-order valence-corrected chi connectivity index (χ4v) is 4.41. The molecule has 0 saturated carbocycles. The molecule has 3 N–H and O–H groups in total. The number of ether oxygens (including phenoxy) is 1. The lowest BCUT2D eigenvalue weighted by Crippen LogP contribution is -2.63. The van der Waals surface area contributed by atoms with Crippen LogP contribution in [0.5, 0.6) is 5.75 Å². The molecule has 4 rings (SSSR count). The van der Waals surface area contributed by atoms with Crippen LogP contribution in [0.1, 0.15) is 39.7 Å². The molecule has 0 aromatic heterocycles. The van der Waals surface area contributed by atoms with Crippen LogP contribution in [0.3, 0.4) is 0 Å². The molecule has 1 amide bonds. The first-order chi connectivity index (χ1) is 15.1. The Kier molecular flexibility index (Phi) is 5.68. The number of benzene rings is 1. The number of carbonyl (C=O) groups is 1. The number of hydrogen-bond donors (Lipinski definition) is 3. The molecular formula is C22H30N8O2. The number of methoxy groups -OCH3 is 1. The molecule has 2 atom stereocenters. The second-order valence-electron chi connectivity index (χ2n) is 9.44. The lowest BCUT2D eigenvalue weighted by atomic mass is 9.86. The van der Waals surface area contributed by atoms with Gasteiger partial charge in [-0.2, -0.15) is 0 Å². The highest BCUT2D eigenvalue weighted by Gasteiger charge is 2.49. The van der Waals surface area contributed by atoms with Crippen molar-refractivity contribution in [2.75, 3.05) is 20.2 Å². The third-order valence-electron chi connectivity index (χ3n) is 5.52.